The maximum atomic E-state index is 9.25. The van der Waals surface area contributed by atoms with Crippen LogP contribution < -0.4 is 10.6 Å². The number of anilines is 1. The number of aliphatic hydroxyl groups excluding tert-OH is 1. The van der Waals surface area contributed by atoms with Gasteiger partial charge in [-0.3, -0.25) is 0 Å². The summed E-state index contributed by atoms with van der Waals surface area (Å²) in [4.78, 5) is 6.15. The van der Waals surface area contributed by atoms with Gasteiger partial charge in [-0.15, -0.1) is 0 Å². The number of nitrogens with zero attached hydrogens (tertiary/aromatic N) is 2. The molecule has 0 aliphatic rings. The van der Waals surface area contributed by atoms with Crippen LogP contribution in [-0.4, -0.2) is 29.8 Å². The average molecular weight is 195 g/mol. The van der Waals surface area contributed by atoms with Crippen LogP contribution in [0.5, 0.6) is 0 Å². The van der Waals surface area contributed by atoms with E-state index in [1.54, 1.807) is 13.1 Å². The van der Waals surface area contributed by atoms with Crippen molar-refractivity contribution in [3.8, 4) is 0 Å². The standard InChI is InChI=1S/C10H17N3O/c1-8(14)7-13(2)10-9(6-11)4-3-5-12-10/h3-5,8,14H,6-7,11H2,1-2H3. The van der Waals surface area contributed by atoms with Crippen molar-refractivity contribution < 1.29 is 5.11 Å². The number of hydrogen-bond acceptors (Lipinski definition) is 4. The topological polar surface area (TPSA) is 62.4 Å². The highest BCUT2D eigenvalue weighted by molar-refractivity contribution is 5.45. The zero-order chi connectivity index (χ0) is 10.6. The van der Waals surface area contributed by atoms with Crippen LogP contribution >= 0.6 is 0 Å². The van der Waals surface area contributed by atoms with E-state index in [-0.39, 0.29) is 6.10 Å². The van der Waals surface area contributed by atoms with Crippen molar-refractivity contribution >= 4 is 5.82 Å². The van der Waals surface area contributed by atoms with Gasteiger partial charge in [0.15, 0.2) is 0 Å². The van der Waals surface area contributed by atoms with Crippen LogP contribution in [0.15, 0.2) is 18.3 Å². The molecule has 1 aromatic rings. The minimum Gasteiger partial charge on any atom is -0.392 e. The van der Waals surface area contributed by atoms with Crippen molar-refractivity contribution in [2.75, 3.05) is 18.5 Å². The van der Waals surface area contributed by atoms with Crippen molar-refractivity contribution in [1.82, 2.24) is 4.98 Å². The van der Waals surface area contributed by atoms with Crippen molar-refractivity contribution in [2.45, 2.75) is 19.6 Å². The Hall–Kier alpha value is -1.13. The second kappa shape index (κ2) is 4.93. The van der Waals surface area contributed by atoms with Gasteiger partial charge in [0.05, 0.1) is 6.10 Å². The molecule has 1 rings (SSSR count). The van der Waals surface area contributed by atoms with Gasteiger partial charge in [0, 0.05) is 31.9 Å². The van der Waals surface area contributed by atoms with Gasteiger partial charge in [-0.05, 0) is 13.0 Å². The van der Waals surface area contributed by atoms with E-state index >= 15 is 0 Å². The Balaban J connectivity index is 2.82. The van der Waals surface area contributed by atoms with Gasteiger partial charge in [0.2, 0.25) is 0 Å². The number of likely N-dealkylation sites (N-methyl/N-ethyl adjacent to an activating group) is 1. The Morgan fingerprint density at radius 3 is 2.93 bits per heavy atom. The molecule has 4 heteroatoms. The van der Waals surface area contributed by atoms with Crippen LogP contribution in [0.1, 0.15) is 12.5 Å². The first-order valence-electron chi connectivity index (χ1n) is 4.68. The molecule has 4 nitrogen and oxygen atoms in total. The Kier molecular flexibility index (Phi) is 3.85. The number of nitrogens with two attached hydrogens (primary N) is 1. The van der Waals surface area contributed by atoms with Crippen molar-refractivity contribution in [2.24, 2.45) is 5.73 Å². The number of aliphatic hydroxyl groups is 1. The normalized spacial score (nSPS) is 12.6. The molecule has 14 heavy (non-hydrogen) atoms. The number of rotatable bonds is 4. The fourth-order valence-electron chi connectivity index (χ4n) is 1.42. The molecule has 0 bridgehead atoms. The predicted octanol–water partition coefficient (Wildman–Crippen LogP) is 0.357. The summed E-state index contributed by atoms with van der Waals surface area (Å²) in [6, 6.07) is 3.81. The quantitative estimate of drug-likeness (QED) is 0.728. The maximum Gasteiger partial charge on any atom is 0.132 e. The van der Waals surface area contributed by atoms with E-state index in [1.807, 2.05) is 24.1 Å². The molecule has 1 aromatic heterocycles. The van der Waals surface area contributed by atoms with E-state index in [9.17, 15) is 5.11 Å². The van der Waals surface area contributed by atoms with Crippen LogP contribution in [0.2, 0.25) is 0 Å². The summed E-state index contributed by atoms with van der Waals surface area (Å²) >= 11 is 0. The van der Waals surface area contributed by atoms with Crippen LogP contribution in [0.25, 0.3) is 0 Å². The summed E-state index contributed by atoms with van der Waals surface area (Å²) in [5.74, 6) is 0.843. The first-order valence-corrected chi connectivity index (χ1v) is 4.68. The zero-order valence-corrected chi connectivity index (χ0v) is 8.64. The smallest absolute Gasteiger partial charge is 0.132 e. The highest BCUT2D eigenvalue weighted by Crippen LogP contribution is 2.14. The molecule has 0 fully saturated rings. The molecule has 1 atom stereocenters. The summed E-state index contributed by atoms with van der Waals surface area (Å²) < 4.78 is 0. The van der Waals surface area contributed by atoms with Crippen molar-refractivity contribution in [1.29, 1.82) is 0 Å². The summed E-state index contributed by atoms with van der Waals surface area (Å²) in [7, 11) is 1.90. The molecule has 0 aliphatic carbocycles. The number of aromatic nitrogens is 1. The monoisotopic (exact) mass is 195 g/mol. The summed E-state index contributed by atoms with van der Waals surface area (Å²) in [6.45, 7) is 2.78. The van der Waals surface area contributed by atoms with Gasteiger partial charge in [-0.25, -0.2) is 4.98 Å². The molecule has 0 amide bonds. The Labute approximate surface area is 84.4 Å². The lowest BCUT2D eigenvalue weighted by atomic mass is 10.2. The lowest BCUT2D eigenvalue weighted by Crippen LogP contribution is -2.28. The van der Waals surface area contributed by atoms with Gasteiger partial charge in [-0.1, -0.05) is 6.07 Å². The Morgan fingerprint density at radius 1 is 1.64 bits per heavy atom. The second-order valence-corrected chi connectivity index (χ2v) is 3.42. The van der Waals surface area contributed by atoms with Gasteiger partial charge in [0.25, 0.3) is 0 Å². The molecule has 1 unspecified atom stereocenters. The summed E-state index contributed by atoms with van der Waals surface area (Å²) in [6.07, 6.45) is 1.36. The highest BCUT2D eigenvalue weighted by atomic mass is 16.3. The summed E-state index contributed by atoms with van der Waals surface area (Å²) in [5.41, 5.74) is 6.59. The Morgan fingerprint density at radius 2 is 2.36 bits per heavy atom. The lowest BCUT2D eigenvalue weighted by Gasteiger charge is -2.21. The molecule has 0 saturated carbocycles. The molecule has 3 N–H and O–H groups in total. The fourth-order valence-corrected chi connectivity index (χ4v) is 1.42. The molecule has 78 valence electrons. The highest BCUT2D eigenvalue weighted by Gasteiger charge is 2.08. The zero-order valence-electron chi connectivity index (χ0n) is 8.64. The van der Waals surface area contributed by atoms with Gasteiger partial charge >= 0.3 is 0 Å². The minimum absolute atomic E-state index is 0.368. The van der Waals surface area contributed by atoms with Crippen LogP contribution in [0.4, 0.5) is 5.82 Å². The lowest BCUT2D eigenvalue weighted by molar-refractivity contribution is 0.201. The fraction of sp³-hybridized carbons (Fsp3) is 0.500. The molecule has 1 heterocycles. The van der Waals surface area contributed by atoms with Gasteiger partial charge in [0.1, 0.15) is 5.82 Å². The third-order valence-corrected chi connectivity index (χ3v) is 1.99. The molecule has 0 aromatic carbocycles. The largest absolute Gasteiger partial charge is 0.392 e. The molecule has 0 spiro atoms. The number of pyridine rings is 1. The van der Waals surface area contributed by atoms with E-state index < -0.39 is 0 Å². The van der Waals surface area contributed by atoms with Crippen LogP contribution in [-0.2, 0) is 6.54 Å². The molecular weight excluding hydrogens is 178 g/mol. The minimum atomic E-state index is -0.368. The van der Waals surface area contributed by atoms with E-state index in [0.29, 0.717) is 13.1 Å². The number of hydrogen-bond donors (Lipinski definition) is 2. The van der Waals surface area contributed by atoms with Crippen molar-refractivity contribution in [3.63, 3.8) is 0 Å². The average Bonchev–Trinajstić information content (AvgIpc) is 2.16. The van der Waals surface area contributed by atoms with Gasteiger partial charge < -0.3 is 15.7 Å². The third-order valence-electron chi connectivity index (χ3n) is 1.99. The van der Waals surface area contributed by atoms with E-state index in [2.05, 4.69) is 4.98 Å². The van der Waals surface area contributed by atoms with E-state index in [0.717, 1.165) is 11.4 Å². The van der Waals surface area contributed by atoms with Crippen LogP contribution in [0.3, 0.4) is 0 Å². The first kappa shape index (κ1) is 10.9. The van der Waals surface area contributed by atoms with E-state index in [1.165, 1.54) is 0 Å². The van der Waals surface area contributed by atoms with Crippen LogP contribution in [0, 0.1) is 0 Å². The third kappa shape index (κ3) is 2.68. The molecule has 0 aliphatic heterocycles. The van der Waals surface area contributed by atoms with Gasteiger partial charge in [-0.2, -0.15) is 0 Å². The molecule has 0 saturated heterocycles. The molecular formula is C10H17N3O. The Bertz CT molecular complexity index is 288. The van der Waals surface area contributed by atoms with E-state index in [4.69, 9.17) is 5.73 Å². The SMILES string of the molecule is CC(O)CN(C)c1ncccc1CN. The summed E-state index contributed by atoms with van der Waals surface area (Å²) in [5, 5.41) is 9.25. The first-order chi connectivity index (χ1) is 6.65. The second-order valence-electron chi connectivity index (χ2n) is 3.42. The maximum absolute atomic E-state index is 9.25. The molecule has 0 radical (unpaired) electrons. The van der Waals surface area contributed by atoms with Crippen molar-refractivity contribution in [3.05, 3.63) is 23.9 Å². The predicted molar refractivity (Wildman–Crippen MR) is 57.1 cm³/mol.